The van der Waals surface area contributed by atoms with Crippen LogP contribution >= 0.6 is 0 Å². The van der Waals surface area contributed by atoms with E-state index in [1.807, 2.05) is 11.5 Å². The summed E-state index contributed by atoms with van der Waals surface area (Å²) in [6, 6.07) is 10.3. The average molecular weight is 434 g/mol. The Kier molecular flexibility index (Phi) is 5.19. The van der Waals surface area contributed by atoms with Crippen LogP contribution in [0.15, 0.2) is 58.7 Å². The maximum Gasteiger partial charge on any atom is 0.331 e. The van der Waals surface area contributed by atoms with Crippen LogP contribution in [0.3, 0.4) is 0 Å². The Bertz CT molecular complexity index is 1270. The molecule has 1 fully saturated rings. The molecule has 0 radical (unpaired) electrons. The molecule has 3 aromatic rings. The minimum atomic E-state index is -0.815. The van der Waals surface area contributed by atoms with Crippen LogP contribution in [0.2, 0.25) is 0 Å². The first kappa shape index (κ1) is 20.8. The number of imide groups is 2. The molecule has 1 aliphatic heterocycles. The Labute approximate surface area is 181 Å². The number of hydrogen-bond donors (Lipinski definition) is 1. The monoisotopic (exact) mass is 434 g/mol. The van der Waals surface area contributed by atoms with Crippen LogP contribution in [0.1, 0.15) is 22.7 Å². The number of rotatable bonds is 5. The van der Waals surface area contributed by atoms with Crippen molar-refractivity contribution in [2.45, 2.75) is 20.4 Å². The third-order valence-electron chi connectivity index (χ3n) is 5.17. The summed E-state index contributed by atoms with van der Waals surface area (Å²) in [5.74, 6) is -1.11. The third-order valence-corrected chi connectivity index (χ3v) is 5.17. The third kappa shape index (κ3) is 3.69. The molecule has 3 heterocycles. The van der Waals surface area contributed by atoms with Crippen LogP contribution in [0.5, 0.6) is 0 Å². The quantitative estimate of drug-likeness (QED) is 0.284. The van der Waals surface area contributed by atoms with Gasteiger partial charge < -0.3 is 8.98 Å². The van der Waals surface area contributed by atoms with E-state index in [-0.39, 0.29) is 17.8 Å². The van der Waals surface area contributed by atoms with Crippen molar-refractivity contribution in [2.75, 3.05) is 0 Å². The van der Waals surface area contributed by atoms with Crippen LogP contribution < -0.4 is 5.32 Å². The van der Waals surface area contributed by atoms with Gasteiger partial charge in [-0.15, -0.1) is 0 Å². The van der Waals surface area contributed by atoms with Gasteiger partial charge in [-0.25, -0.2) is 4.79 Å². The number of benzene rings is 1. The number of furan rings is 1. The lowest BCUT2D eigenvalue weighted by Gasteiger charge is -2.25. The number of nitrogens with zero attached hydrogens (tertiary/aromatic N) is 3. The van der Waals surface area contributed by atoms with Crippen molar-refractivity contribution in [1.82, 2.24) is 14.8 Å². The molecule has 10 nitrogen and oxygen atoms in total. The van der Waals surface area contributed by atoms with Crippen LogP contribution in [0.4, 0.5) is 10.5 Å². The second-order valence-corrected chi connectivity index (χ2v) is 7.22. The molecule has 1 saturated heterocycles. The Hall–Kier alpha value is -4.47. The number of nitrogens with one attached hydrogen (secondary N) is 1. The fourth-order valence-corrected chi connectivity index (χ4v) is 3.61. The molecule has 4 rings (SSSR count). The molecule has 0 atom stereocenters. The molecule has 10 heteroatoms. The van der Waals surface area contributed by atoms with Gasteiger partial charge in [-0.05, 0) is 55.8 Å². The number of aryl methyl sites for hydroxylation is 1. The topological polar surface area (TPSA) is 128 Å². The number of amides is 4. The highest BCUT2D eigenvalue weighted by atomic mass is 16.6. The Morgan fingerprint density at radius 3 is 2.47 bits per heavy atom. The molecule has 0 aliphatic carbocycles. The Morgan fingerprint density at radius 2 is 1.84 bits per heavy atom. The van der Waals surface area contributed by atoms with Crippen LogP contribution in [0.25, 0.3) is 11.8 Å². The van der Waals surface area contributed by atoms with Gasteiger partial charge in [-0.1, -0.05) is 0 Å². The van der Waals surface area contributed by atoms with E-state index in [1.54, 1.807) is 37.3 Å². The number of nitro groups is 1. The van der Waals surface area contributed by atoms with E-state index in [4.69, 9.17) is 4.42 Å². The molecular weight excluding hydrogens is 416 g/mol. The molecule has 162 valence electrons. The summed E-state index contributed by atoms with van der Waals surface area (Å²) >= 11 is 0. The summed E-state index contributed by atoms with van der Waals surface area (Å²) < 4.78 is 7.05. The van der Waals surface area contributed by atoms with Gasteiger partial charge in [0.15, 0.2) is 0 Å². The van der Waals surface area contributed by atoms with Gasteiger partial charge in [0.1, 0.15) is 11.3 Å². The first-order valence-corrected chi connectivity index (χ1v) is 9.61. The lowest BCUT2D eigenvalue weighted by Crippen LogP contribution is -2.53. The van der Waals surface area contributed by atoms with Crippen molar-refractivity contribution in [3.05, 3.63) is 87.1 Å². The van der Waals surface area contributed by atoms with E-state index in [9.17, 15) is 24.5 Å². The molecule has 0 saturated carbocycles. The molecule has 1 N–H and O–H groups in total. The van der Waals surface area contributed by atoms with Crippen molar-refractivity contribution in [3.63, 3.8) is 0 Å². The standard InChI is InChI=1S/C22H18N4O6/c1-13-10-15(14(2)25(13)16-5-7-17(8-6-16)26(30)31)11-19-20(27)23-22(29)24(21(19)28)12-18-4-3-9-32-18/h3-11H,12H2,1-2H3,(H,23,27,29)/b19-11-. The number of barbiturate groups is 1. The number of non-ortho nitro benzene ring substituents is 1. The molecular formula is C22H18N4O6. The fraction of sp³-hybridized carbons (Fsp3) is 0.136. The van der Waals surface area contributed by atoms with E-state index in [0.717, 1.165) is 16.3 Å². The van der Waals surface area contributed by atoms with Gasteiger partial charge >= 0.3 is 6.03 Å². The predicted molar refractivity (Wildman–Crippen MR) is 113 cm³/mol. The van der Waals surface area contributed by atoms with Gasteiger partial charge in [0.2, 0.25) is 0 Å². The number of urea groups is 1. The van der Waals surface area contributed by atoms with Gasteiger partial charge in [-0.3, -0.25) is 29.9 Å². The number of carbonyl (C=O) groups is 3. The molecule has 1 aliphatic rings. The van der Waals surface area contributed by atoms with Crippen molar-refractivity contribution in [3.8, 4) is 5.69 Å². The SMILES string of the molecule is Cc1cc(/C=C2/C(=O)NC(=O)N(Cc3ccco3)C2=O)c(C)n1-c1ccc([N+](=O)[O-])cc1. The van der Waals surface area contributed by atoms with Gasteiger partial charge in [0, 0.05) is 29.2 Å². The average Bonchev–Trinajstić information content (AvgIpc) is 3.36. The Balaban J connectivity index is 1.69. The van der Waals surface area contributed by atoms with Crippen LogP contribution in [-0.2, 0) is 16.1 Å². The largest absolute Gasteiger partial charge is 0.467 e. The number of nitro benzene ring substituents is 1. The van der Waals surface area contributed by atoms with Gasteiger partial charge in [0.05, 0.1) is 17.7 Å². The van der Waals surface area contributed by atoms with Crippen LogP contribution in [-0.4, -0.2) is 32.2 Å². The highest BCUT2D eigenvalue weighted by Crippen LogP contribution is 2.25. The Morgan fingerprint density at radius 1 is 1.12 bits per heavy atom. The zero-order valence-electron chi connectivity index (χ0n) is 17.2. The zero-order valence-corrected chi connectivity index (χ0v) is 17.2. The van der Waals surface area contributed by atoms with Crippen molar-refractivity contribution in [2.24, 2.45) is 0 Å². The zero-order chi connectivity index (χ0) is 23.0. The van der Waals surface area contributed by atoms with Crippen molar-refractivity contribution < 1.29 is 23.7 Å². The summed E-state index contributed by atoms with van der Waals surface area (Å²) in [5, 5.41) is 13.1. The lowest BCUT2D eigenvalue weighted by molar-refractivity contribution is -0.384. The lowest BCUT2D eigenvalue weighted by atomic mass is 10.1. The van der Waals surface area contributed by atoms with Crippen molar-refractivity contribution >= 4 is 29.6 Å². The molecule has 32 heavy (non-hydrogen) atoms. The second kappa shape index (κ2) is 7.99. The summed E-state index contributed by atoms with van der Waals surface area (Å²) in [6.07, 6.45) is 2.86. The maximum absolute atomic E-state index is 12.9. The van der Waals surface area contributed by atoms with E-state index in [1.165, 1.54) is 24.5 Å². The second-order valence-electron chi connectivity index (χ2n) is 7.22. The predicted octanol–water partition coefficient (Wildman–Crippen LogP) is 3.26. The highest BCUT2D eigenvalue weighted by molar-refractivity contribution is 6.31. The van der Waals surface area contributed by atoms with E-state index in [0.29, 0.717) is 17.0 Å². The van der Waals surface area contributed by atoms with Gasteiger partial charge in [-0.2, -0.15) is 0 Å². The first-order valence-electron chi connectivity index (χ1n) is 9.61. The molecule has 2 aromatic heterocycles. The number of aromatic nitrogens is 1. The normalized spacial score (nSPS) is 15.4. The van der Waals surface area contributed by atoms with Gasteiger partial charge in [0.25, 0.3) is 17.5 Å². The van der Waals surface area contributed by atoms with E-state index in [2.05, 4.69) is 5.32 Å². The molecule has 0 spiro atoms. The molecule has 4 amide bonds. The minimum absolute atomic E-state index is 0.0238. The number of hydrogen-bond acceptors (Lipinski definition) is 6. The first-order chi connectivity index (χ1) is 15.3. The fourth-order valence-electron chi connectivity index (χ4n) is 3.61. The summed E-state index contributed by atoms with van der Waals surface area (Å²) in [7, 11) is 0. The molecule has 1 aromatic carbocycles. The highest BCUT2D eigenvalue weighted by Gasteiger charge is 2.36. The van der Waals surface area contributed by atoms with Crippen LogP contribution in [0, 0.1) is 24.0 Å². The minimum Gasteiger partial charge on any atom is -0.467 e. The molecule has 0 unspecified atom stereocenters. The van der Waals surface area contributed by atoms with E-state index < -0.39 is 22.8 Å². The van der Waals surface area contributed by atoms with Crippen molar-refractivity contribution in [1.29, 1.82) is 0 Å². The summed E-state index contributed by atoms with van der Waals surface area (Å²) in [4.78, 5) is 48.8. The summed E-state index contributed by atoms with van der Waals surface area (Å²) in [5.41, 5.74) is 2.62. The summed E-state index contributed by atoms with van der Waals surface area (Å²) in [6.45, 7) is 3.54. The maximum atomic E-state index is 12.9. The smallest absolute Gasteiger partial charge is 0.331 e. The molecule has 0 bridgehead atoms. The van der Waals surface area contributed by atoms with E-state index >= 15 is 0 Å². The number of carbonyl (C=O) groups excluding carboxylic acids is 3.